The first-order valence-electron chi connectivity index (χ1n) is 11.3. The molecule has 4 N–H and O–H groups in total. The second kappa shape index (κ2) is 14.9. The van der Waals surface area contributed by atoms with Crippen LogP contribution in [0.25, 0.3) is 0 Å². The summed E-state index contributed by atoms with van der Waals surface area (Å²) >= 11 is 0. The number of rotatable bonds is 12. The van der Waals surface area contributed by atoms with Crippen LogP contribution in [-0.2, 0) is 19.2 Å². The predicted octanol–water partition coefficient (Wildman–Crippen LogP) is -0.229. The zero-order chi connectivity index (χ0) is 27.4. The Morgan fingerprint density at radius 1 is 0.417 bits per heavy atom. The van der Waals surface area contributed by atoms with Crippen LogP contribution in [0.5, 0.6) is 0 Å². The fourth-order valence-corrected chi connectivity index (χ4v) is 3.56. The molecule has 0 bridgehead atoms. The van der Waals surface area contributed by atoms with Crippen molar-refractivity contribution in [3.05, 3.63) is 48.6 Å². The van der Waals surface area contributed by atoms with Gasteiger partial charge in [-0.25, -0.2) is 19.2 Å². The topological polar surface area (TPSA) is 162 Å². The highest BCUT2D eigenvalue weighted by molar-refractivity contribution is 5.87. The minimum atomic E-state index is -1.12. The highest BCUT2D eigenvalue weighted by atomic mass is 16.4. The molecular weight excluding hydrogens is 472 g/mol. The molecule has 1 aliphatic rings. The van der Waals surface area contributed by atoms with Gasteiger partial charge in [-0.15, -0.1) is 0 Å². The molecule has 0 radical (unpaired) electrons. The molecule has 1 rings (SSSR count). The molecule has 36 heavy (non-hydrogen) atoms. The molecule has 0 aliphatic carbocycles. The van der Waals surface area contributed by atoms with Crippen molar-refractivity contribution >= 4 is 23.9 Å². The summed E-state index contributed by atoms with van der Waals surface area (Å²) in [7, 11) is 0. The van der Waals surface area contributed by atoms with Crippen LogP contribution in [0.3, 0.4) is 0 Å². The molecule has 0 amide bonds. The quantitative estimate of drug-likeness (QED) is 0.257. The van der Waals surface area contributed by atoms with Gasteiger partial charge in [-0.05, 0) is 0 Å². The minimum absolute atomic E-state index is 0.00319. The van der Waals surface area contributed by atoms with Crippen molar-refractivity contribution in [2.75, 3.05) is 78.5 Å². The standard InChI is InChI=1S/C24H36N4O8/c1-17(21(29)30)13-25-5-7-26(14-18(2)22(31)32)9-11-28(16-20(4)24(35)36)12-10-27(8-6-25)15-19(3)23(33)34/h1-16H2,(H,29,30)(H,31,32)(H,33,34)(H,35,36). The first kappa shape index (κ1) is 30.7. The maximum Gasteiger partial charge on any atom is 0.332 e. The number of hydrogen-bond donors (Lipinski definition) is 4. The van der Waals surface area contributed by atoms with Gasteiger partial charge >= 0.3 is 23.9 Å². The lowest BCUT2D eigenvalue weighted by Gasteiger charge is -2.34. The van der Waals surface area contributed by atoms with Crippen LogP contribution in [0, 0.1) is 0 Å². The third kappa shape index (κ3) is 11.4. The summed E-state index contributed by atoms with van der Waals surface area (Å²) in [4.78, 5) is 52.8. The number of hydrogen-bond acceptors (Lipinski definition) is 8. The Bertz CT molecular complexity index is 741. The van der Waals surface area contributed by atoms with E-state index < -0.39 is 23.9 Å². The number of carboxylic acids is 4. The van der Waals surface area contributed by atoms with Gasteiger partial charge in [-0.3, -0.25) is 19.6 Å². The van der Waals surface area contributed by atoms with Crippen LogP contribution in [0.1, 0.15) is 0 Å². The Morgan fingerprint density at radius 2 is 0.556 bits per heavy atom. The van der Waals surface area contributed by atoms with Crippen molar-refractivity contribution < 1.29 is 39.6 Å². The average Bonchev–Trinajstić information content (AvgIpc) is 2.79. The summed E-state index contributed by atoms with van der Waals surface area (Å²) < 4.78 is 0. The summed E-state index contributed by atoms with van der Waals surface area (Å²) in [5, 5.41) is 37.1. The maximum absolute atomic E-state index is 11.3. The van der Waals surface area contributed by atoms with E-state index >= 15 is 0 Å². The molecule has 0 aromatic heterocycles. The van der Waals surface area contributed by atoms with Crippen LogP contribution >= 0.6 is 0 Å². The molecule has 1 heterocycles. The van der Waals surface area contributed by atoms with E-state index in [-0.39, 0.29) is 48.5 Å². The number of carboxylic acid groups (broad SMARTS) is 4. The average molecular weight is 509 g/mol. The van der Waals surface area contributed by atoms with Gasteiger partial charge in [-0.2, -0.15) is 0 Å². The number of nitrogens with zero attached hydrogens (tertiary/aromatic N) is 4. The second-order valence-corrected chi connectivity index (χ2v) is 8.74. The van der Waals surface area contributed by atoms with Crippen LogP contribution in [0.15, 0.2) is 48.6 Å². The van der Waals surface area contributed by atoms with Crippen LogP contribution < -0.4 is 0 Å². The predicted molar refractivity (Wildman–Crippen MR) is 133 cm³/mol. The van der Waals surface area contributed by atoms with E-state index in [1.807, 2.05) is 19.6 Å². The lowest BCUT2D eigenvalue weighted by atomic mass is 10.2. The third-order valence-corrected chi connectivity index (χ3v) is 5.80. The molecule has 200 valence electrons. The maximum atomic E-state index is 11.3. The smallest absolute Gasteiger partial charge is 0.332 e. The van der Waals surface area contributed by atoms with E-state index in [9.17, 15) is 39.6 Å². The van der Waals surface area contributed by atoms with Gasteiger partial charge in [0, 0.05) is 101 Å². The van der Waals surface area contributed by atoms with Gasteiger partial charge < -0.3 is 20.4 Å². The Morgan fingerprint density at radius 3 is 0.667 bits per heavy atom. The Labute approximate surface area is 210 Å². The summed E-state index contributed by atoms with van der Waals surface area (Å²) in [5.41, 5.74) is 0.0128. The van der Waals surface area contributed by atoms with Gasteiger partial charge in [0.05, 0.1) is 0 Å². The Kier molecular flexibility index (Phi) is 12.7. The van der Waals surface area contributed by atoms with Crippen molar-refractivity contribution in [3.8, 4) is 0 Å². The molecule has 0 aromatic carbocycles. The molecule has 0 aromatic rings. The van der Waals surface area contributed by atoms with Gasteiger partial charge in [0.2, 0.25) is 0 Å². The number of carbonyl (C=O) groups is 4. The van der Waals surface area contributed by atoms with E-state index in [0.29, 0.717) is 52.4 Å². The van der Waals surface area contributed by atoms with E-state index in [4.69, 9.17) is 0 Å². The SMILES string of the molecule is C=C(CN1CCN(CC(=C)C(=O)O)CCN(CC(=C)C(=O)O)CCN(CC(=C)C(=O)O)CC1)C(=O)O. The zero-order valence-electron chi connectivity index (χ0n) is 20.5. The van der Waals surface area contributed by atoms with Gasteiger partial charge in [0.1, 0.15) is 0 Å². The van der Waals surface area contributed by atoms with Crippen LogP contribution in [0.4, 0.5) is 0 Å². The highest BCUT2D eigenvalue weighted by Crippen LogP contribution is 2.08. The van der Waals surface area contributed by atoms with Gasteiger partial charge in [0.15, 0.2) is 0 Å². The molecule has 12 heteroatoms. The molecule has 1 fully saturated rings. The molecule has 0 saturated carbocycles. The lowest BCUT2D eigenvalue weighted by molar-refractivity contribution is -0.134. The second-order valence-electron chi connectivity index (χ2n) is 8.74. The van der Waals surface area contributed by atoms with E-state index in [2.05, 4.69) is 26.3 Å². The molecule has 1 saturated heterocycles. The number of aliphatic carboxylic acids is 4. The van der Waals surface area contributed by atoms with Crippen molar-refractivity contribution in [2.45, 2.75) is 0 Å². The Hall–Kier alpha value is -3.32. The first-order valence-corrected chi connectivity index (χ1v) is 11.3. The molecular formula is C24H36N4O8. The zero-order valence-corrected chi connectivity index (χ0v) is 20.5. The van der Waals surface area contributed by atoms with Crippen LogP contribution in [0.2, 0.25) is 0 Å². The van der Waals surface area contributed by atoms with Crippen molar-refractivity contribution in [1.82, 2.24) is 19.6 Å². The van der Waals surface area contributed by atoms with E-state index in [1.54, 1.807) is 0 Å². The summed E-state index contributed by atoms with van der Waals surface area (Å²) in [6.07, 6.45) is 0. The van der Waals surface area contributed by atoms with Crippen LogP contribution in [-0.4, -0.2) is 142 Å². The molecule has 0 unspecified atom stereocenters. The van der Waals surface area contributed by atoms with Crippen molar-refractivity contribution in [1.29, 1.82) is 0 Å². The van der Waals surface area contributed by atoms with Crippen molar-refractivity contribution in [3.63, 3.8) is 0 Å². The van der Waals surface area contributed by atoms with Gasteiger partial charge in [0.25, 0.3) is 0 Å². The normalized spacial score (nSPS) is 17.3. The molecule has 0 spiro atoms. The molecule has 1 aliphatic heterocycles. The van der Waals surface area contributed by atoms with E-state index in [0.717, 1.165) is 0 Å². The first-order chi connectivity index (χ1) is 16.8. The van der Waals surface area contributed by atoms with Gasteiger partial charge in [-0.1, -0.05) is 26.3 Å². The van der Waals surface area contributed by atoms with E-state index in [1.165, 1.54) is 0 Å². The lowest BCUT2D eigenvalue weighted by Crippen LogP contribution is -2.47. The van der Waals surface area contributed by atoms with Crippen molar-refractivity contribution in [2.24, 2.45) is 0 Å². The minimum Gasteiger partial charge on any atom is -0.478 e. The monoisotopic (exact) mass is 508 g/mol. The Balaban J connectivity index is 3.15. The fourth-order valence-electron chi connectivity index (χ4n) is 3.56. The highest BCUT2D eigenvalue weighted by Gasteiger charge is 2.21. The summed E-state index contributed by atoms with van der Waals surface area (Å²) in [5.74, 6) is -4.49. The fraction of sp³-hybridized carbons (Fsp3) is 0.500. The molecule has 12 nitrogen and oxygen atoms in total. The third-order valence-electron chi connectivity index (χ3n) is 5.80. The summed E-state index contributed by atoms with van der Waals surface area (Å²) in [6, 6.07) is 0. The summed E-state index contributed by atoms with van der Waals surface area (Å²) in [6.45, 7) is 17.9. The largest absolute Gasteiger partial charge is 0.478 e. The molecule has 0 atom stereocenters.